The third kappa shape index (κ3) is 25.1. The Hall–Kier alpha value is -10.3. The number of nitrogens with one attached hydrogen (secondary N) is 8. The van der Waals surface area contributed by atoms with Gasteiger partial charge in [0.15, 0.2) is 23.8 Å². The van der Waals surface area contributed by atoms with Gasteiger partial charge in [-0.15, -0.1) is 0 Å². The van der Waals surface area contributed by atoms with Crippen molar-refractivity contribution in [3.05, 3.63) is 144 Å². The molecular formula is C60H84N20O8. The first-order valence-corrected chi connectivity index (χ1v) is 29.0. The Morgan fingerprint density at radius 1 is 0.261 bits per heavy atom. The fraction of sp³-hybridized carbons (Fsp3) is 0.400. The lowest BCUT2D eigenvalue weighted by Crippen LogP contribution is -2.62. The lowest BCUT2D eigenvalue weighted by molar-refractivity contribution is -0.136. The minimum Gasteiger partial charge on any atom is -0.370 e. The summed E-state index contributed by atoms with van der Waals surface area (Å²) < 4.78 is 0. The molecule has 0 radical (unpaired) electrons. The molecule has 1 heterocycles. The van der Waals surface area contributed by atoms with Gasteiger partial charge in [-0.25, -0.2) is 0 Å². The predicted octanol–water partition coefficient (Wildman–Crippen LogP) is -2.94. The van der Waals surface area contributed by atoms with E-state index in [9.17, 15) is 38.4 Å². The normalized spacial score (nSPS) is 20.9. The highest BCUT2D eigenvalue weighted by atomic mass is 16.2. The van der Waals surface area contributed by atoms with Gasteiger partial charge in [0.05, 0.1) is 0 Å². The molecule has 8 atom stereocenters. The van der Waals surface area contributed by atoms with E-state index in [2.05, 4.69) is 62.5 Å². The van der Waals surface area contributed by atoms with E-state index < -0.39 is 95.6 Å². The highest BCUT2D eigenvalue weighted by molar-refractivity contribution is 5.99. The number of aliphatic imine (C=N–C) groups is 4. The molecule has 0 aliphatic carbocycles. The largest absolute Gasteiger partial charge is 0.370 e. The summed E-state index contributed by atoms with van der Waals surface area (Å²) in [4.78, 5) is 135. The summed E-state index contributed by atoms with van der Waals surface area (Å²) in [6.07, 6.45) is -0.251. The highest BCUT2D eigenvalue weighted by Gasteiger charge is 2.36. The number of rotatable bonds is 24. The Morgan fingerprint density at radius 3 is 0.591 bits per heavy atom. The van der Waals surface area contributed by atoms with Gasteiger partial charge in [-0.05, 0) is 73.6 Å². The topological polar surface area (TPSA) is 490 Å². The van der Waals surface area contributed by atoms with Crippen molar-refractivity contribution in [1.29, 1.82) is 0 Å². The van der Waals surface area contributed by atoms with E-state index in [1.807, 2.05) is 0 Å². The Bertz CT molecular complexity index is 2620. The quantitative estimate of drug-likeness (QED) is 0.0190. The summed E-state index contributed by atoms with van der Waals surface area (Å²) in [7, 11) is 0. The molecule has 4 aromatic carbocycles. The van der Waals surface area contributed by atoms with Crippen molar-refractivity contribution in [2.24, 2.45) is 65.8 Å². The van der Waals surface area contributed by atoms with Crippen LogP contribution in [0.15, 0.2) is 141 Å². The molecule has 28 heteroatoms. The van der Waals surface area contributed by atoms with E-state index in [1.165, 1.54) is 0 Å². The predicted molar refractivity (Wildman–Crippen MR) is 336 cm³/mol. The van der Waals surface area contributed by atoms with Crippen LogP contribution in [0.3, 0.4) is 0 Å². The molecule has 5 rings (SSSR count). The first-order chi connectivity index (χ1) is 42.2. The number of hydrogen-bond acceptors (Lipinski definition) is 12. The van der Waals surface area contributed by atoms with Crippen molar-refractivity contribution in [3.8, 4) is 0 Å². The average molecular weight is 1210 g/mol. The fourth-order valence-electron chi connectivity index (χ4n) is 9.50. The second kappa shape index (κ2) is 36.5. The fourth-order valence-corrected chi connectivity index (χ4v) is 9.50. The van der Waals surface area contributed by atoms with E-state index >= 15 is 0 Å². The first kappa shape index (κ1) is 68.5. The molecule has 24 N–H and O–H groups in total. The molecule has 1 aliphatic heterocycles. The second-order valence-electron chi connectivity index (χ2n) is 21.0. The monoisotopic (exact) mass is 1210 g/mol. The van der Waals surface area contributed by atoms with Crippen LogP contribution in [0.2, 0.25) is 0 Å². The Kier molecular flexibility index (Phi) is 28.4. The summed E-state index contributed by atoms with van der Waals surface area (Å²) in [5.74, 6) is -7.48. The van der Waals surface area contributed by atoms with E-state index in [1.54, 1.807) is 121 Å². The Labute approximate surface area is 511 Å². The molecule has 0 bridgehead atoms. The molecular weight excluding hydrogens is 1130 g/mol. The number of amides is 8. The molecule has 0 unspecified atom stereocenters. The van der Waals surface area contributed by atoms with E-state index in [4.69, 9.17) is 45.9 Å². The number of nitrogens with zero attached hydrogens (tertiary/aromatic N) is 4. The van der Waals surface area contributed by atoms with Gasteiger partial charge in [0, 0.05) is 51.9 Å². The summed E-state index contributed by atoms with van der Waals surface area (Å²) in [6.45, 7) is 0.139. The Morgan fingerprint density at radius 2 is 0.420 bits per heavy atom. The lowest BCUT2D eigenvalue weighted by Gasteiger charge is -2.29. The van der Waals surface area contributed by atoms with Gasteiger partial charge in [-0.1, -0.05) is 121 Å². The van der Waals surface area contributed by atoms with E-state index in [0.717, 1.165) is 0 Å². The number of nitrogens with two attached hydrogens (primary N) is 8. The van der Waals surface area contributed by atoms with Crippen LogP contribution in [0.5, 0.6) is 0 Å². The van der Waals surface area contributed by atoms with Crippen LogP contribution < -0.4 is 88.4 Å². The summed E-state index contributed by atoms with van der Waals surface area (Å²) in [6, 6.07) is 23.6. The Balaban J connectivity index is 1.69. The van der Waals surface area contributed by atoms with Gasteiger partial charge >= 0.3 is 0 Å². The maximum absolute atomic E-state index is 14.9. The summed E-state index contributed by atoms with van der Waals surface area (Å²) >= 11 is 0. The van der Waals surface area contributed by atoms with Crippen LogP contribution in [0.25, 0.3) is 0 Å². The molecule has 0 saturated carbocycles. The zero-order valence-electron chi connectivity index (χ0n) is 49.2. The summed E-state index contributed by atoms with van der Waals surface area (Å²) in [5, 5.41) is 22.4. The number of guanidine groups is 4. The molecule has 472 valence electrons. The minimum absolute atomic E-state index is 0.0348. The van der Waals surface area contributed by atoms with Crippen LogP contribution in [0.1, 0.15) is 73.6 Å². The highest BCUT2D eigenvalue weighted by Crippen LogP contribution is 2.14. The smallest absolute Gasteiger partial charge is 0.243 e. The van der Waals surface area contributed by atoms with Crippen molar-refractivity contribution in [1.82, 2.24) is 42.5 Å². The van der Waals surface area contributed by atoms with Gasteiger partial charge in [0.1, 0.15) is 48.3 Å². The van der Waals surface area contributed by atoms with Gasteiger partial charge in [0.25, 0.3) is 0 Å². The second-order valence-corrected chi connectivity index (χ2v) is 21.0. The zero-order valence-corrected chi connectivity index (χ0v) is 49.2. The van der Waals surface area contributed by atoms with Crippen molar-refractivity contribution in [3.63, 3.8) is 0 Å². The summed E-state index contributed by atoms with van der Waals surface area (Å²) in [5.41, 5.74) is 47.5. The molecule has 8 amide bonds. The van der Waals surface area contributed by atoms with Crippen molar-refractivity contribution < 1.29 is 38.4 Å². The SMILES string of the molecule is NC(N)=NCCC[C@@H]1NC(=O)[C@H](Cc2ccccc2)NC(=O)[C@H](CCCN=C(N)N)NC(=O)[C@H](Cc2ccccc2)NC(=O)[C@H](CCCN=C(N)N)NC(=O)[C@H](Cc2ccccc2)NC(=O)[C@H](CCCN=C(N)N)NC(=O)[C@H](Cc2ccccc2)NC1=O. The van der Waals surface area contributed by atoms with Crippen LogP contribution in [-0.2, 0) is 64.0 Å². The molecule has 1 fully saturated rings. The van der Waals surface area contributed by atoms with Crippen LogP contribution in [-0.4, -0.2) is 146 Å². The molecule has 28 nitrogen and oxygen atoms in total. The maximum atomic E-state index is 14.9. The standard InChI is InChI=1S/C60H84N20O8/c61-57(62)69-29-13-25-41-49(81)77-45(33-37-17-5-1-6-18-37)53(85)73-42(26-14-30-70-58(63)64)50(82)78-47(35-39-21-9-3-10-22-39)55(87)75-44(28-16-32-72-60(67)68)52(84)80-48(36-40-23-11-4-12-24-40)56(88)76-43(27-15-31-71-59(65)66)51(83)79-46(54(86)74-41)34-38-19-7-2-8-20-38/h1-12,17-24,41-48H,13-16,25-36H2,(H,73,85)(H,74,86)(H,75,87)(H,76,88)(H,77,81)(H,78,82)(H,79,83)(H,80,84)(H4,61,62,69)(H4,63,64,70)(H4,65,66,71)(H4,67,68,72)/t41-,42-,43-,44-,45-,46-,47-,48-/m0/s1. The number of carbonyl (C=O) groups excluding carboxylic acids is 8. The van der Waals surface area contributed by atoms with Crippen molar-refractivity contribution in [2.45, 2.75) is 125 Å². The first-order valence-electron chi connectivity index (χ1n) is 29.0. The molecule has 1 saturated heterocycles. The van der Waals surface area contributed by atoms with Gasteiger partial charge < -0.3 is 88.4 Å². The average Bonchev–Trinajstić information content (AvgIpc) is 2.91. The molecule has 1 aliphatic rings. The van der Waals surface area contributed by atoms with Crippen LogP contribution in [0.4, 0.5) is 0 Å². The molecule has 0 spiro atoms. The number of hydrogen-bond donors (Lipinski definition) is 16. The molecule has 0 aromatic heterocycles. The zero-order chi connectivity index (χ0) is 63.8. The van der Waals surface area contributed by atoms with E-state index in [-0.39, 0.29) is 127 Å². The minimum atomic E-state index is -1.42. The third-order valence-corrected chi connectivity index (χ3v) is 14.0. The molecule has 4 aromatic rings. The van der Waals surface area contributed by atoms with Gasteiger partial charge in [-0.2, -0.15) is 0 Å². The molecule has 88 heavy (non-hydrogen) atoms. The van der Waals surface area contributed by atoms with Crippen molar-refractivity contribution in [2.75, 3.05) is 26.2 Å². The third-order valence-electron chi connectivity index (χ3n) is 14.0. The van der Waals surface area contributed by atoms with Crippen LogP contribution >= 0.6 is 0 Å². The number of carbonyl (C=O) groups is 8. The van der Waals surface area contributed by atoms with Crippen LogP contribution in [0, 0.1) is 0 Å². The van der Waals surface area contributed by atoms with Gasteiger partial charge in [0.2, 0.25) is 47.3 Å². The maximum Gasteiger partial charge on any atom is 0.243 e. The van der Waals surface area contributed by atoms with E-state index in [0.29, 0.717) is 22.3 Å². The van der Waals surface area contributed by atoms with Crippen molar-refractivity contribution >= 4 is 71.1 Å². The van der Waals surface area contributed by atoms with Gasteiger partial charge in [-0.3, -0.25) is 58.3 Å². The number of benzene rings is 4. The lowest BCUT2D eigenvalue weighted by atomic mass is 10.0.